The molecule has 0 aliphatic carbocycles. The molecule has 1 aliphatic rings. The van der Waals surface area contributed by atoms with Crippen LogP contribution in [0.25, 0.3) is 0 Å². The molecule has 1 rings (SSSR count). The first kappa shape index (κ1) is 9.37. The predicted molar refractivity (Wildman–Crippen MR) is 53.7 cm³/mol. The van der Waals surface area contributed by atoms with Crippen molar-refractivity contribution in [1.29, 1.82) is 0 Å². The van der Waals surface area contributed by atoms with Crippen molar-refractivity contribution in [1.82, 2.24) is 4.90 Å². The molecule has 0 aromatic heterocycles. The molecule has 0 N–H and O–H groups in total. The highest BCUT2D eigenvalue weighted by Gasteiger charge is 2.12. The number of allylic oxidation sites excluding steroid dienone is 2. The molecule has 0 saturated heterocycles. The van der Waals surface area contributed by atoms with Crippen molar-refractivity contribution in [3.05, 3.63) is 24.6 Å². The van der Waals surface area contributed by atoms with Crippen molar-refractivity contribution in [2.45, 2.75) is 33.6 Å². The standard InChI is InChI=1S/C11H19N/c1-4-5-8-12-9-6-11(2,3)7-10-12/h6-7,9-10H,4-5,8H2,1-3H3. The molecule has 1 heteroatoms. The second-order valence-corrected chi connectivity index (χ2v) is 4.04. The highest BCUT2D eigenvalue weighted by atomic mass is 15.1. The quantitative estimate of drug-likeness (QED) is 0.621. The first-order valence-electron chi connectivity index (χ1n) is 4.78. The zero-order valence-electron chi connectivity index (χ0n) is 8.38. The molecule has 0 amide bonds. The van der Waals surface area contributed by atoms with Crippen LogP contribution in [0.3, 0.4) is 0 Å². The van der Waals surface area contributed by atoms with Gasteiger partial charge in [-0.3, -0.25) is 0 Å². The summed E-state index contributed by atoms with van der Waals surface area (Å²) in [4.78, 5) is 2.26. The molecule has 0 saturated carbocycles. The van der Waals surface area contributed by atoms with Crippen LogP contribution in [0.2, 0.25) is 0 Å². The highest BCUT2D eigenvalue weighted by Crippen LogP contribution is 2.23. The van der Waals surface area contributed by atoms with Crippen molar-refractivity contribution in [3.63, 3.8) is 0 Å². The molecule has 0 aromatic carbocycles. The topological polar surface area (TPSA) is 3.24 Å². The SMILES string of the molecule is CCCCN1C=CC(C)(C)C=C1. The smallest absolute Gasteiger partial charge is 0.0219 e. The predicted octanol–water partition coefficient (Wildman–Crippen LogP) is 3.16. The van der Waals surface area contributed by atoms with Crippen LogP contribution in [0, 0.1) is 5.41 Å². The zero-order chi connectivity index (χ0) is 9.03. The normalized spacial score (nSPS) is 20.1. The van der Waals surface area contributed by atoms with E-state index in [0.717, 1.165) is 6.54 Å². The van der Waals surface area contributed by atoms with Gasteiger partial charge in [-0.1, -0.05) is 39.3 Å². The van der Waals surface area contributed by atoms with Crippen LogP contribution in [-0.4, -0.2) is 11.4 Å². The Balaban J connectivity index is 2.39. The summed E-state index contributed by atoms with van der Waals surface area (Å²) in [5.74, 6) is 0. The van der Waals surface area contributed by atoms with Gasteiger partial charge < -0.3 is 4.90 Å². The van der Waals surface area contributed by atoms with Crippen molar-refractivity contribution in [2.75, 3.05) is 6.54 Å². The summed E-state index contributed by atoms with van der Waals surface area (Å²) >= 11 is 0. The van der Waals surface area contributed by atoms with Gasteiger partial charge in [0.2, 0.25) is 0 Å². The monoisotopic (exact) mass is 165 g/mol. The Morgan fingerprint density at radius 1 is 1.17 bits per heavy atom. The second kappa shape index (κ2) is 3.79. The fraction of sp³-hybridized carbons (Fsp3) is 0.636. The molecule has 0 atom stereocenters. The molecule has 1 aliphatic heterocycles. The average molecular weight is 165 g/mol. The molecule has 12 heavy (non-hydrogen) atoms. The van der Waals surface area contributed by atoms with Crippen LogP contribution in [0.1, 0.15) is 33.6 Å². The summed E-state index contributed by atoms with van der Waals surface area (Å²) in [6.45, 7) is 7.81. The van der Waals surface area contributed by atoms with Gasteiger partial charge in [0.15, 0.2) is 0 Å². The van der Waals surface area contributed by atoms with Crippen LogP contribution in [0.15, 0.2) is 24.6 Å². The Hall–Kier alpha value is -0.720. The molecular weight excluding hydrogens is 146 g/mol. The fourth-order valence-corrected chi connectivity index (χ4v) is 1.17. The Bertz CT molecular complexity index is 173. The number of unbranched alkanes of at least 4 members (excludes halogenated alkanes) is 1. The lowest BCUT2D eigenvalue weighted by atomic mass is 9.92. The number of rotatable bonds is 3. The van der Waals surface area contributed by atoms with Gasteiger partial charge >= 0.3 is 0 Å². The van der Waals surface area contributed by atoms with E-state index in [9.17, 15) is 0 Å². The van der Waals surface area contributed by atoms with Crippen molar-refractivity contribution in [2.24, 2.45) is 5.41 Å². The number of hydrogen-bond donors (Lipinski definition) is 0. The molecule has 1 nitrogen and oxygen atoms in total. The fourth-order valence-electron chi connectivity index (χ4n) is 1.17. The van der Waals surface area contributed by atoms with E-state index >= 15 is 0 Å². The lowest BCUT2D eigenvalue weighted by molar-refractivity contribution is 0.448. The van der Waals surface area contributed by atoms with Gasteiger partial charge in [0.1, 0.15) is 0 Å². The second-order valence-electron chi connectivity index (χ2n) is 4.04. The third-order valence-electron chi connectivity index (χ3n) is 2.16. The Morgan fingerprint density at radius 2 is 1.75 bits per heavy atom. The molecule has 0 bridgehead atoms. The maximum Gasteiger partial charge on any atom is 0.0219 e. The minimum atomic E-state index is 0.253. The largest absolute Gasteiger partial charge is 0.355 e. The molecule has 0 radical (unpaired) electrons. The van der Waals surface area contributed by atoms with Crippen LogP contribution >= 0.6 is 0 Å². The molecule has 0 unspecified atom stereocenters. The Kier molecular flexibility index (Phi) is 2.96. The minimum absolute atomic E-state index is 0.253. The van der Waals surface area contributed by atoms with Gasteiger partial charge in [0.25, 0.3) is 0 Å². The maximum atomic E-state index is 2.26. The van der Waals surface area contributed by atoms with Crippen LogP contribution in [-0.2, 0) is 0 Å². The van der Waals surface area contributed by atoms with E-state index in [-0.39, 0.29) is 5.41 Å². The summed E-state index contributed by atoms with van der Waals surface area (Å²) in [6.07, 6.45) is 11.4. The van der Waals surface area contributed by atoms with E-state index in [4.69, 9.17) is 0 Å². The maximum absolute atomic E-state index is 2.26. The average Bonchev–Trinajstić information content (AvgIpc) is 2.03. The van der Waals surface area contributed by atoms with Gasteiger partial charge in [0.05, 0.1) is 0 Å². The highest BCUT2D eigenvalue weighted by molar-refractivity contribution is 5.13. The lowest BCUT2D eigenvalue weighted by Gasteiger charge is -2.25. The molecule has 0 fully saturated rings. The van der Waals surface area contributed by atoms with Gasteiger partial charge in [-0.15, -0.1) is 0 Å². The van der Waals surface area contributed by atoms with E-state index in [0.29, 0.717) is 0 Å². The van der Waals surface area contributed by atoms with E-state index in [1.54, 1.807) is 0 Å². The molecule has 0 aromatic rings. The van der Waals surface area contributed by atoms with Crippen molar-refractivity contribution >= 4 is 0 Å². The minimum Gasteiger partial charge on any atom is -0.355 e. The lowest BCUT2D eigenvalue weighted by Crippen LogP contribution is -2.18. The van der Waals surface area contributed by atoms with Crippen molar-refractivity contribution < 1.29 is 0 Å². The zero-order valence-corrected chi connectivity index (χ0v) is 8.38. The number of hydrogen-bond acceptors (Lipinski definition) is 1. The molecule has 0 spiro atoms. The summed E-state index contributed by atoms with van der Waals surface area (Å²) in [6, 6.07) is 0. The Labute approximate surface area is 75.8 Å². The van der Waals surface area contributed by atoms with Gasteiger partial charge in [-0.05, 0) is 6.42 Å². The third kappa shape index (κ3) is 2.72. The van der Waals surface area contributed by atoms with E-state index in [1.165, 1.54) is 12.8 Å². The van der Waals surface area contributed by atoms with Crippen LogP contribution in [0.5, 0.6) is 0 Å². The number of nitrogens with zero attached hydrogens (tertiary/aromatic N) is 1. The Morgan fingerprint density at radius 3 is 2.25 bits per heavy atom. The van der Waals surface area contributed by atoms with Crippen LogP contribution < -0.4 is 0 Å². The summed E-state index contributed by atoms with van der Waals surface area (Å²) in [5.41, 5.74) is 0.253. The summed E-state index contributed by atoms with van der Waals surface area (Å²) in [7, 11) is 0. The van der Waals surface area contributed by atoms with Gasteiger partial charge in [-0.2, -0.15) is 0 Å². The first-order chi connectivity index (χ1) is 5.64. The van der Waals surface area contributed by atoms with Crippen molar-refractivity contribution in [3.8, 4) is 0 Å². The summed E-state index contributed by atoms with van der Waals surface area (Å²) in [5, 5.41) is 0. The molecule has 68 valence electrons. The van der Waals surface area contributed by atoms with Gasteiger partial charge in [0, 0.05) is 24.4 Å². The molecule has 1 heterocycles. The third-order valence-corrected chi connectivity index (χ3v) is 2.16. The first-order valence-corrected chi connectivity index (χ1v) is 4.78. The van der Waals surface area contributed by atoms with E-state index in [2.05, 4.69) is 50.2 Å². The molecular formula is C11H19N. The summed E-state index contributed by atoms with van der Waals surface area (Å²) < 4.78 is 0. The van der Waals surface area contributed by atoms with E-state index < -0.39 is 0 Å². The van der Waals surface area contributed by atoms with Gasteiger partial charge in [-0.25, -0.2) is 0 Å². The van der Waals surface area contributed by atoms with Crippen LogP contribution in [0.4, 0.5) is 0 Å². The van der Waals surface area contributed by atoms with E-state index in [1.807, 2.05) is 0 Å².